The van der Waals surface area contributed by atoms with Gasteiger partial charge in [0.25, 0.3) is 0 Å². The van der Waals surface area contributed by atoms with Gasteiger partial charge in [-0.05, 0) is 0 Å². The van der Waals surface area contributed by atoms with Gasteiger partial charge in [-0.1, -0.05) is 0 Å². The van der Waals surface area contributed by atoms with Gasteiger partial charge in [0.15, 0.2) is 0 Å². The summed E-state index contributed by atoms with van der Waals surface area (Å²) in [4.78, 5) is 12.8. The van der Waals surface area contributed by atoms with Gasteiger partial charge in [-0.15, -0.1) is 0 Å². The van der Waals surface area contributed by atoms with Crippen LogP contribution >= 0.6 is 0 Å². The number of carbonyl (C=O) groups is 1. The number of hydrogen-bond acceptors (Lipinski definition) is 4. The minimum absolute atomic E-state index is 0.0154. The van der Waals surface area contributed by atoms with Crippen molar-refractivity contribution in [2.75, 3.05) is 0 Å². The molecule has 2 aromatic rings. The Bertz CT molecular complexity index is 965. The van der Waals surface area contributed by atoms with Crippen LogP contribution in [0.4, 0.5) is 0 Å². The van der Waals surface area contributed by atoms with E-state index in [0.29, 0.717) is 19.1 Å². The molecule has 0 saturated carbocycles. The second kappa shape index (κ2) is 7.76. The van der Waals surface area contributed by atoms with E-state index in [-0.39, 0.29) is 22.8 Å². The first kappa shape index (κ1) is 19.5. The van der Waals surface area contributed by atoms with E-state index in [1.165, 1.54) is 11.6 Å². The van der Waals surface area contributed by atoms with Crippen molar-refractivity contribution in [3.05, 3.63) is 73.6 Å². The topological polar surface area (TPSA) is 77.8 Å². The number of Topliss-reactive ketones (excluding diaryl/α,β-unsaturated/α-hetero) is 1. The van der Waals surface area contributed by atoms with Crippen LogP contribution in [0.15, 0.2) is 47.7 Å². The van der Waals surface area contributed by atoms with Gasteiger partial charge < -0.3 is 0 Å². The molecule has 1 aliphatic heterocycles. The molecule has 0 bridgehead atoms. The first-order chi connectivity index (χ1) is 12.8. The van der Waals surface area contributed by atoms with E-state index in [9.17, 15) is 20.1 Å². The monoisotopic (exact) mass is 477 g/mol. The Morgan fingerprint density at radius 1 is 1.07 bits per heavy atom. The van der Waals surface area contributed by atoms with E-state index >= 15 is 0 Å². The number of halogens is 1. The van der Waals surface area contributed by atoms with Gasteiger partial charge >= 0.3 is 169 Å². The molecule has 3 N–H and O–H groups in total. The Morgan fingerprint density at radius 2 is 1.74 bits per heavy atom. The Kier molecular flexibility index (Phi) is 5.60. The maximum atomic E-state index is 12.8. The Hall–Kier alpha value is -2.28. The molecule has 4 nitrogen and oxygen atoms in total. The maximum absolute atomic E-state index is 12.8. The Balaban J connectivity index is 2.14. The summed E-state index contributed by atoms with van der Waals surface area (Å²) in [6, 6.07) is 9.01. The second-order valence-electron chi connectivity index (χ2n) is 6.70. The van der Waals surface area contributed by atoms with Gasteiger partial charge in [0.2, 0.25) is 0 Å². The number of phenols is 2. The summed E-state index contributed by atoms with van der Waals surface area (Å²) in [5.74, 6) is -1.17. The normalized spacial score (nSPS) is 13.8. The Morgan fingerprint density at radius 3 is 2.33 bits per heavy atom. The molecule has 0 unspecified atom stereocenters. The van der Waals surface area contributed by atoms with Gasteiger partial charge in [0.05, 0.1) is 0 Å². The van der Waals surface area contributed by atoms with Crippen LogP contribution in [0.25, 0.3) is 3.58 Å². The van der Waals surface area contributed by atoms with Crippen molar-refractivity contribution in [2.24, 2.45) is 0 Å². The molecular weight excluding hydrogens is 455 g/mol. The van der Waals surface area contributed by atoms with Crippen molar-refractivity contribution >= 4 is 9.36 Å². The molecule has 0 spiro atoms. The zero-order valence-corrected chi connectivity index (χ0v) is 17.7. The second-order valence-corrected chi connectivity index (χ2v) is 9.40. The SMILES string of the molecule is CCc1ccc(C2=C(O)C(=O)c3c(O)cc(O)c(CC=C(C)C)c3[I-]2)cc1. The van der Waals surface area contributed by atoms with Crippen LogP contribution in [-0.4, -0.2) is 21.1 Å². The summed E-state index contributed by atoms with van der Waals surface area (Å²) in [6.07, 6.45) is 3.37. The summed E-state index contributed by atoms with van der Waals surface area (Å²) in [5, 5.41) is 31.2. The third-order valence-electron chi connectivity index (χ3n) is 4.49. The van der Waals surface area contributed by atoms with Crippen LogP contribution in [-0.2, 0) is 12.8 Å². The third kappa shape index (κ3) is 3.74. The summed E-state index contributed by atoms with van der Waals surface area (Å²) in [6.45, 7) is 6.01. The van der Waals surface area contributed by atoms with Gasteiger partial charge in [0, 0.05) is 0 Å². The van der Waals surface area contributed by atoms with Crippen molar-refractivity contribution in [3.8, 4) is 11.5 Å². The number of carbonyl (C=O) groups excluding carboxylic acids is 1. The van der Waals surface area contributed by atoms with Crippen molar-refractivity contribution in [3.63, 3.8) is 0 Å². The molecule has 0 saturated heterocycles. The molecule has 0 aliphatic carbocycles. The Labute approximate surface area is 169 Å². The molecule has 0 radical (unpaired) electrons. The van der Waals surface area contributed by atoms with E-state index in [4.69, 9.17) is 0 Å². The van der Waals surface area contributed by atoms with E-state index in [1.54, 1.807) is 0 Å². The van der Waals surface area contributed by atoms with Crippen LogP contribution in [0.1, 0.15) is 47.8 Å². The van der Waals surface area contributed by atoms with Crippen molar-refractivity contribution in [1.82, 2.24) is 0 Å². The van der Waals surface area contributed by atoms with Crippen molar-refractivity contribution in [1.29, 1.82) is 0 Å². The molecule has 0 amide bonds. The summed E-state index contributed by atoms with van der Waals surface area (Å²) in [5.41, 5.74) is 3.88. The predicted octanol–water partition coefficient (Wildman–Crippen LogP) is 1.55. The predicted molar refractivity (Wildman–Crippen MR) is 101 cm³/mol. The van der Waals surface area contributed by atoms with Crippen molar-refractivity contribution < 1.29 is 41.3 Å². The summed E-state index contributed by atoms with van der Waals surface area (Å²) < 4.78 is 1.30. The fourth-order valence-electron chi connectivity index (χ4n) is 2.92. The van der Waals surface area contributed by atoms with Crippen LogP contribution in [0.5, 0.6) is 11.5 Å². The number of fused-ring (bicyclic) bond motifs is 1. The molecule has 5 heteroatoms. The number of benzene rings is 2. The number of aliphatic hydroxyl groups excluding tert-OH is 1. The quantitative estimate of drug-likeness (QED) is 0.462. The molecule has 1 heterocycles. The molecule has 27 heavy (non-hydrogen) atoms. The summed E-state index contributed by atoms with van der Waals surface area (Å²) in [7, 11) is 0. The van der Waals surface area contributed by atoms with E-state index in [0.717, 1.165) is 17.6 Å². The number of phenolic OH excluding ortho intramolecular Hbond substituents is 2. The molecule has 1 aliphatic rings. The molecule has 3 rings (SSSR count). The van der Waals surface area contributed by atoms with Gasteiger partial charge in [-0.2, -0.15) is 0 Å². The first-order valence-electron chi connectivity index (χ1n) is 8.76. The zero-order valence-electron chi connectivity index (χ0n) is 15.5. The fourth-order valence-corrected chi connectivity index (χ4v) is 6.24. The zero-order chi connectivity index (χ0) is 19.7. The molecule has 0 fully saturated rings. The summed E-state index contributed by atoms with van der Waals surface area (Å²) >= 11 is -0.959. The van der Waals surface area contributed by atoms with Crippen LogP contribution in [0, 0.1) is 3.57 Å². The van der Waals surface area contributed by atoms with E-state index in [2.05, 4.69) is 6.92 Å². The van der Waals surface area contributed by atoms with E-state index < -0.39 is 27.0 Å². The minimum atomic E-state index is -0.959. The average Bonchev–Trinajstić information content (AvgIpc) is 2.63. The van der Waals surface area contributed by atoms with E-state index in [1.807, 2.05) is 44.2 Å². The van der Waals surface area contributed by atoms with Gasteiger partial charge in [0.1, 0.15) is 0 Å². The number of ketones is 1. The fraction of sp³-hybridized carbons (Fsp3) is 0.227. The average molecular weight is 477 g/mol. The number of aliphatic hydroxyl groups is 1. The molecular formula is C22H22IO4-. The van der Waals surface area contributed by atoms with Crippen LogP contribution in [0.3, 0.4) is 0 Å². The first-order valence-corrected chi connectivity index (χ1v) is 10.9. The number of rotatable bonds is 4. The molecule has 0 aromatic heterocycles. The molecule has 2 aromatic carbocycles. The molecule has 142 valence electrons. The van der Waals surface area contributed by atoms with Crippen LogP contribution in [0.2, 0.25) is 0 Å². The number of allylic oxidation sites excluding steroid dienone is 3. The number of aromatic hydroxyl groups is 2. The van der Waals surface area contributed by atoms with Crippen LogP contribution < -0.4 is 21.2 Å². The number of aryl methyl sites for hydroxylation is 1. The molecule has 0 atom stereocenters. The number of hydrogen-bond donors (Lipinski definition) is 3. The third-order valence-corrected chi connectivity index (χ3v) is 7.90. The van der Waals surface area contributed by atoms with Gasteiger partial charge in [-0.25, -0.2) is 0 Å². The van der Waals surface area contributed by atoms with Gasteiger partial charge in [-0.3, -0.25) is 0 Å². The van der Waals surface area contributed by atoms with Crippen molar-refractivity contribution in [2.45, 2.75) is 33.6 Å². The standard InChI is InChI=1S/C22H22IO4/c1-4-13-6-8-14(9-7-13)19-22(27)21(26)18-17(25)11-16(24)15(20(18)23-19)10-5-12(2)3/h5-9,11,24-25,27H,4,10H2,1-3H3/q-1.